The molecule has 1 aromatic carbocycles. The van der Waals surface area contributed by atoms with Gasteiger partial charge in [0.05, 0.1) is 0 Å². The average molecular weight is 233 g/mol. The van der Waals surface area contributed by atoms with Crippen molar-refractivity contribution in [1.29, 1.82) is 0 Å². The van der Waals surface area contributed by atoms with Crippen LogP contribution >= 0.6 is 0 Å². The van der Waals surface area contributed by atoms with Gasteiger partial charge in [-0.3, -0.25) is 0 Å². The van der Waals surface area contributed by atoms with Crippen LogP contribution in [-0.4, -0.2) is 23.7 Å². The van der Waals surface area contributed by atoms with Gasteiger partial charge in [0.25, 0.3) is 0 Å². The van der Waals surface area contributed by atoms with Crippen LogP contribution in [0.25, 0.3) is 5.70 Å². The average Bonchev–Trinajstić information content (AvgIpc) is 2.28. The summed E-state index contributed by atoms with van der Waals surface area (Å²) in [6.07, 6.45) is 1.19. The number of hydrogen-bond donors (Lipinski definition) is 0. The molecule has 1 aliphatic heterocycles. The van der Waals surface area contributed by atoms with Gasteiger partial charge >= 0.3 is 0 Å². The third-order valence-corrected chi connectivity index (χ3v) is 3.54. The van der Waals surface area contributed by atoms with Crippen LogP contribution in [0.1, 0.15) is 30.9 Å². The highest BCUT2D eigenvalue weighted by atomic mass is 19.1. The zero-order valence-corrected chi connectivity index (χ0v) is 10.7. The van der Waals surface area contributed by atoms with Crippen molar-refractivity contribution < 1.29 is 4.39 Å². The van der Waals surface area contributed by atoms with Crippen LogP contribution in [0.2, 0.25) is 0 Å². The fourth-order valence-electron chi connectivity index (χ4n) is 2.25. The number of aryl methyl sites for hydroxylation is 1. The predicted octanol–water partition coefficient (Wildman–Crippen LogP) is 3.79. The van der Waals surface area contributed by atoms with Gasteiger partial charge in [-0.25, -0.2) is 4.39 Å². The van der Waals surface area contributed by atoms with Gasteiger partial charge in [0.1, 0.15) is 5.67 Å². The summed E-state index contributed by atoms with van der Waals surface area (Å²) in [4.78, 5) is 2.19. The summed E-state index contributed by atoms with van der Waals surface area (Å²) < 4.78 is 13.7. The zero-order chi connectivity index (χ0) is 12.5. The molecule has 0 aromatic heterocycles. The minimum absolute atomic E-state index is 0.595. The lowest BCUT2D eigenvalue weighted by atomic mass is 9.94. The third kappa shape index (κ3) is 2.87. The van der Waals surface area contributed by atoms with Crippen molar-refractivity contribution in [2.24, 2.45) is 0 Å². The highest BCUT2D eigenvalue weighted by Gasteiger charge is 2.29. The molecule has 2 rings (SSSR count). The molecule has 0 N–H and O–H groups in total. The molecule has 0 radical (unpaired) electrons. The molecule has 92 valence electrons. The number of hydrogen-bond acceptors (Lipinski definition) is 1. The minimum atomic E-state index is -0.997. The lowest BCUT2D eigenvalue weighted by molar-refractivity contribution is 0.100. The molecule has 1 nitrogen and oxygen atoms in total. The summed E-state index contributed by atoms with van der Waals surface area (Å²) in [5, 5.41) is 0. The van der Waals surface area contributed by atoms with E-state index in [1.54, 1.807) is 6.92 Å². The molecule has 0 bridgehead atoms. The Bertz CT molecular complexity index is 413. The van der Waals surface area contributed by atoms with Gasteiger partial charge < -0.3 is 4.90 Å². The van der Waals surface area contributed by atoms with Crippen LogP contribution in [0.15, 0.2) is 30.8 Å². The van der Waals surface area contributed by atoms with E-state index in [2.05, 4.69) is 36.6 Å². The Morgan fingerprint density at radius 3 is 2.59 bits per heavy atom. The van der Waals surface area contributed by atoms with E-state index in [1.165, 1.54) is 5.56 Å². The molecule has 0 aliphatic carbocycles. The van der Waals surface area contributed by atoms with Crippen molar-refractivity contribution in [3.8, 4) is 0 Å². The SMILES string of the molecule is C=C(c1cccc(C)c1)N1CCC(C)(F)CC1. The molecule has 1 fully saturated rings. The van der Waals surface area contributed by atoms with E-state index in [1.807, 2.05) is 6.07 Å². The molecular weight excluding hydrogens is 213 g/mol. The molecule has 1 aliphatic rings. The molecule has 1 saturated heterocycles. The first-order valence-electron chi connectivity index (χ1n) is 6.18. The summed E-state index contributed by atoms with van der Waals surface area (Å²) in [6.45, 7) is 9.44. The summed E-state index contributed by atoms with van der Waals surface area (Å²) in [5.74, 6) is 0. The normalized spacial score (nSPS) is 19.1. The Balaban J connectivity index is 2.07. The van der Waals surface area contributed by atoms with E-state index in [0.29, 0.717) is 12.8 Å². The Morgan fingerprint density at radius 1 is 1.35 bits per heavy atom. The lowest BCUT2D eigenvalue weighted by Crippen LogP contribution is -2.38. The number of benzene rings is 1. The topological polar surface area (TPSA) is 3.24 Å². The van der Waals surface area contributed by atoms with Crippen molar-refractivity contribution in [3.63, 3.8) is 0 Å². The van der Waals surface area contributed by atoms with Gasteiger partial charge in [-0.15, -0.1) is 0 Å². The van der Waals surface area contributed by atoms with Gasteiger partial charge in [0.15, 0.2) is 0 Å². The molecule has 0 unspecified atom stereocenters. The number of nitrogens with zero attached hydrogens (tertiary/aromatic N) is 1. The highest BCUT2D eigenvalue weighted by Crippen LogP contribution is 2.29. The van der Waals surface area contributed by atoms with Crippen LogP contribution in [0, 0.1) is 6.92 Å². The number of halogens is 1. The largest absolute Gasteiger partial charge is 0.371 e. The van der Waals surface area contributed by atoms with Crippen LogP contribution in [0.3, 0.4) is 0 Å². The fraction of sp³-hybridized carbons (Fsp3) is 0.467. The minimum Gasteiger partial charge on any atom is -0.371 e. The highest BCUT2D eigenvalue weighted by molar-refractivity contribution is 5.62. The molecule has 17 heavy (non-hydrogen) atoms. The van der Waals surface area contributed by atoms with Crippen molar-refractivity contribution in [1.82, 2.24) is 4.90 Å². The molecule has 0 atom stereocenters. The molecule has 1 aromatic rings. The van der Waals surface area contributed by atoms with Crippen LogP contribution < -0.4 is 0 Å². The second-order valence-corrected chi connectivity index (χ2v) is 5.22. The number of rotatable bonds is 2. The maximum atomic E-state index is 13.7. The number of likely N-dealkylation sites (tertiary alicyclic amines) is 1. The number of alkyl halides is 1. The summed E-state index contributed by atoms with van der Waals surface area (Å²) in [6, 6.07) is 8.31. The first kappa shape index (κ1) is 12.2. The predicted molar refractivity (Wildman–Crippen MR) is 70.5 cm³/mol. The van der Waals surface area contributed by atoms with Gasteiger partial charge in [0.2, 0.25) is 0 Å². The molecule has 0 spiro atoms. The monoisotopic (exact) mass is 233 g/mol. The van der Waals surface area contributed by atoms with Crippen LogP contribution in [0.4, 0.5) is 4.39 Å². The zero-order valence-electron chi connectivity index (χ0n) is 10.7. The fourth-order valence-corrected chi connectivity index (χ4v) is 2.25. The van der Waals surface area contributed by atoms with E-state index in [9.17, 15) is 4.39 Å². The van der Waals surface area contributed by atoms with E-state index >= 15 is 0 Å². The molecule has 0 saturated carbocycles. The second kappa shape index (κ2) is 4.52. The van der Waals surface area contributed by atoms with Crippen molar-refractivity contribution in [2.45, 2.75) is 32.4 Å². The molecular formula is C15H20FN. The molecule has 2 heteroatoms. The Kier molecular flexibility index (Phi) is 3.23. The van der Waals surface area contributed by atoms with E-state index < -0.39 is 5.67 Å². The lowest BCUT2D eigenvalue weighted by Gasteiger charge is -2.36. The third-order valence-electron chi connectivity index (χ3n) is 3.54. The van der Waals surface area contributed by atoms with Gasteiger partial charge in [-0.2, -0.15) is 0 Å². The first-order chi connectivity index (χ1) is 7.98. The summed E-state index contributed by atoms with van der Waals surface area (Å²) in [7, 11) is 0. The van der Waals surface area contributed by atoms with Gasteiger partial charge in [-0.05, 0) is 38.3 Å². The Labute approximate surface area is 103 Å². The van der Waals surface area contributed by atoms with Crippen LogP contribution in [-0.2, 0) is 0 Å². The van der Waals surface area contributed by atoms with E-state index in [-0.39, 0.29) is 0 Å². The van der Waals surface area contributed by atoms with Crippen molar-refractivity contribution in [2.75, 3.05) is 13.1 Å². The Morgan fingerprint density at radius 2 is 2.00 bits per heavy atom. The maximum absolute atomic E-state index is 13.7. The maximum Gasteiger partial charge on any atom is 0.111 e. The van der Waals surface area contributed by atoms with E-state index in [4.69, 9.17) is 0 Å². The quantitative estimate of drug-likeness (QED) is 0.751. The second-order valence-electron chi connectivity index (χ2n) is 5.22. The van der Waals surface area contributed by atoms with Gasteiger partial charge in [0, 0.05) is 18.8 Å². The van der Waals surface area contributed by atoms with Crippen molar-refractivity contribution in [3.05, 3.63) is 42.0 Å². The van der Waals surface area contributed by atoms with E-state index in [0.717, 1.165) is 24.4 Å². The van der Waals surface area contributed by atoms with Gasteiger partial charge in [-0.1, -0.05) is 30.3 Å². The number of piperidine rings is 1. The first-order valence-corrected chi connectivity index (χ1v) is 6.18. The molecule has 1 heterocycles. The standard InChI is InChI=1S/C15H20FN/c1-12-5-4-6-14(11-12)13(2)17-9-7-15(3,16)8-10-17/h4-6,11H,2,7-10H2,1,3H3. The van der Waals surface area contributed by atoms with Crippen LogP contribution in [0.5, 0.6) is 0 Å². The van der Waals surface area contributed by atoms with Crippen molar-refractivity contribution >= 4 is 5.70 Å². The Hall–Kier alpha value is -1.31. The summed E-state index contributed by atoms with van der Waals surface area (Å²) in [5.41, 5.74) is 2.40. The molecule has 0 amide bonds. The smallest absolute Gasteiger partial charge is 0.111 e. The summed E-state index contributed by atoms with van der Waals surface area (Å²) >= 11 is 0.